The van der Waals surface area contributed by atoms with Crippen LogP contribution in [-0.4, -0.2) is 15.4 Å². The van der Waals surface area contributed by atoms with Crippen molar-refractivity contribution in [1.82, 2.24) is 0 Å². The maximum atomic E-state index is 4.78. The van der Waals surface area contributed by atoms with Crippen molar-refractivity contribution in [2.24, 2.45) is 0 Å². The van der Waals surface area contributed by atoms with E-state index in [1.54, 1.807) is 0 Å². The zero-order valence-corrected chi connectivity index (χ0v) is 13.5. The van der Waals surface area contributed by atoms with E-state index < -0.39 is 0 Å². The molecule has 0 aromatic rings. The van der Waals surface area contributed by atoms with Gasteiger partial charge in [-0.3, -0.25) is 10.0 Å². The fourth-order valence-corrected chi connectivity index (χ4v) is 0. The molecule has 28 valence electrons. The van der Waals surface area contributed by atoms with Crippen LogP contribution in [0.4, 0.5) is 0 Å². The molecule has 0 atom stereocenters. The fraction of sp³-hybridized carbons (Fsp3) is 0. The molecule has 0 fully saturated rings. The van der Waals surface area contributed by atoms with Crippen molar-refractivity contribution in [2.75, 3.05) is 0 Å². The third-order valence-electron chi connectivity index (χ3n) is 0. The number of rotatable bonds is 0. The molecule has 0 aliphatic rings. The molecule has 0 aromatic heterocycles. The minimum absolute atomic E-state index is 0. The monoisotopic (exact) mass is 196 g/mol. The molecule has 0 spiro atoms. The van der Waals surface area contributed by atoms with E-state index in [1.807, 2.05) is 0 Å². The second kappa shape index (κ2) is 35.8. The fourth-order valence-electron chi connectivity index (χ4n) is 0. The molecular weight excluding hydrogens is 195 g/mol. The van der Waals surface area contributed by atoms with Crippen LogP contribution in [0.25, 0.3) is 0 Å². The first-order valence-electron chi connectivity index (χ1n) is 0.378. The molecule has 6 heavy (non-hydrogen) atoms. The third-order valence-corrected chi connectivity index (χ3v) is 0. The van der Waals surface area contributed by atoms with E-state index in [2.05, 4.69) is 0 Å². The Morgan fingerprint density at radius 3 is 1.00 bits per heavy atom. The molecule has 0 heterocycles. The maximum Gasteiger partial charge on any atom is 1.00 e. The van der Waals surface area contributed by atoms with E-state index in [9.17, 15) is 0 Å². The first-order valence-corrected chi connectivity index (χ1v) is 3.40. The smallest absolute Gasteiger partial charge is 1.00 e. The maximum absolute atomic E-state index is 4.78. The van der Waals surface area contributed by atoms with E-state index >= 15 is 0 Å². The summed E-state index contributed by atoms with van der Waals surface area (Å²) in [4.78, 5) is 0. The summed E-state index contributed by atoms with van der Waals surface area (Å²) in [6, 6.07) is 0. The molecule has 0 bridgehead atoms. The minimum Gasteiger partial charge on any atom is -1.00 e. The molecule has 0 amide bonds. The van der Waals surface area contributed by atoms with Gasteiger partial charge in [-0.15, -0.1) is 0 Å². The van der Waals surface area contributed by atoms with Crippen LogP contribution in [0.5, 0.6) is 0 Å². The summed E-state index contributed by atoms with van der Waals surface area (Å²) >= 11 is 0.778. The van der Waals surface area contributed by atoms with Gasteiger partial charge in [-0.1, -0.05) is 0 Å². The Balaban J connectivity index is -0.000000000833. The Kier molecular flexibility index (Phi) is 193. The van der Waals surface area contributed by atoms with Gasteiger partial charge < -0.3 is 24.8 Å². The van der Waals surface area contributed by atoms with E-state index in [1.165, 1.54) is 0 Å². The summed E-state index contributed by atoms with van der Waals surface area (Å²) < 4.78 is 0. The van der Waals surface area contributed by atoms with Crippen LogP contribution in [0.3, 0.4) is 0 Å². The summed E-state index contributed by atoms with van der Waals surface area (Å²) in [5.41, 5.74) is 0. The van der Waals surface area contributed by atoms with Crippen molar-refractivity contribution < 1.29 is 106 Å². The Labute approximate surface area is 128 Å². The van der Waals surface area contributed by atoms with Crippen molar-refractivity contribution in [2.45, 2.75) is 0 Å². The molecule has 0 unspecified atom stereocenters. The second-order valence-corrected chi connectivity index (χ2v) is 0. The molecule has 0 nitrogen and oxygen atoms in total. The summed E-state index contributed by atoms with van der Waals surface area (Å²) in [5.74, 6) is 0. The minimum atomic E-state index is 0. The Hall–Kier alpha value is 4.04. The molecule has 0 aliphatic carbocycles. The number of hydrogen-bond donors (Lipinski definition) is 0. The number of halogens is 3. The first-order chi connectivity index (χ1) is 1.00. The molecular formula is H2AlCl3KNa. The van der Waals surface area contributed by atoms with Gasteiger partial charge in [0.15, 0.2) is 0 Å². The second-order valence-electron chi connectivity index (χ2n) is 0. The van der Waals surface area contributed by atoms with E-state index in [0.29, 0.717) is 0 Å². The van der Waals surface area contributed by atoms with Gasteiger partial charge in [0.25, 0.3) is 0 Å². The van der Waals surface area contributed by atoms with Crippen LogP contribution >= 0.6 is 10.0 Å². The SMILES string of the molecule is [AlH2][Cl].[Cl-].[Cl-].[K+].[Na+]. The average molecular weight is 197 g/mol. The Bertz CT molecular complexity index is 10.8. The normalized spacial score (nSPS) is 0.833. The van der Waals surface area contributed by atoms with Crippen LogP contribution in [0.2, 0.25) is 0 Å². The topological polar surface area (TPSA) is 0 Å². The van der Waals surface area contributed by atoms with Crippen molar-refractivity contribution in [3.63, 3.8) is 0 Å². The molecule has 0 radical (unpaired) electrons. The summed E-state index contributed by atoms with van der Waals surface area (Å²) in [7, 11) is 4.78. The van der Waals surface area contributed by atoms with E-state index in [-0.39, 0.29) is 106 Å². The van der Waals surface area contributed by atoms with Crippen LogP contribution in [0.1, 0.15) is 0 Å². The Morgan fingerprint density at radius 1 is 1.00 bits per heavy atom. The van der Waals surface area contributed by atoms with Crippen molar-refractivity contribution >= 4 is 25.4 Å². The summed E-state index contributed by atoms with van der Waals surface area (Å²) in [6.45, 7) is 0. The first kappa shape index (κ1) is 32.3. The van der Waals surface area contributed by atoms with Crippen LogP contribution in [-0.2, 0) is 0 Å². The van der Waals surface area contributed by atoms with Gasteiger partial charge in [-0.05, 0) is 0 Å². The van der Waals surface area contributed by atoms with E-state index in [4.69, 9.17) is 10.0 Å². The number of hydrogen-bond acceptors (Lipinski definition) is 0. The van der Waals surface area contributed by atoms with Gasteiger partial charge in [-0.25, -0.2) is 0 Å². The largest absolute Gasteiger partial charge is 1.00 e. The van der Waals surface area contributed by atoms with Gasteiger partial charge in [0.2, 0.25) is 0 Å². The molecule has 0 aromatic carbocycles. The predicted octanol–water partition coefficient (Wildman–Crippen LogP) is -12.2. The van der Waals surface area contributed by atoms with E-state index in [0.717, 1.165) is 15.4 Å². The summed E-state index contributed by atoms with van der Waals surface area (Å²) in [5, 5.41) is 0. The molecule has 0 aliphatic heterocycles. The van der Waals surface area contributed by atoms with Crippen molar-refractivity contribution in [3.05, 3.63) is 0 Å². The van der Waals surface area contributed by atoms with Crippen LogP contribution < -0.4 is 106 Å². The Morgan fingerprint density at radius 2 is 1.00 bits per heavy atom. The van der Waals surface area contributed by atoms with Gasteiger partial charge >= 0.3 is 96.3 Å². The van der Waals surface area contributed by atoms with Gasteiger partial charge in [0.1, 0.15) is 0 Å². The van der Waals surface area contributed by atoms with Gasteiger partial charge in [0.05, 0.1) is 0 Å². The third kappa shape index (κ3) is 24.4. The van der Waals surface area contributed by atoms with Crippen molar-refractivity contribution in [3.8, 4) is 0 Å². The zero-order chi connectivity index (χ0) is 2.00. The average Bonchev–Trinajstić information content (AvgIpc) is 1.00. The molecule has 0 N–H and O–H groups in total. The molecule has 0 rings (SSSR count). The van der Waals surface area contributed by atoms with Crippen LogP contribution in [0, 0.1) is 0 Å². The predicted molar refractivity (Wildman–Crippen MR) is 14.4 cm³/mol. The standard InChI is InChI=1S/Al.3ClH.K.Na.2H/h;3*1H;;;;/q+1;;;;2*+1;;/p-3. The zero-order valence-electron chi connectivity index (χ0n) is 4.13. The molecule has 0 saturated heterocycles. The van der Waals surface area contributed by atoms with Crippen molar-refractivity contribution in [1.29, 1.82) is 0 Å². The van der Waals surface area contributed by atoms with Gasteiger partial charge in [-0.2, -0.15) is 0 Å². The quantitative estimate of drug-likeness (QED) is 0.339. The molecule has 0 saturated carbocycles. The van der Waals surface area contributed by atoms with Crippen LogP contribution in [0.15, 0.2) is 0 Å². The van der Waals surface area contributed by atoms with Gasteiger partial charge in [0, 0.05) is 0 Å². The molecule has 6 heteroatoms. The summed E-state index contributed by atoms with van der Waals surface area (Å²) in [6.07, 6.45) is 0.